The van der Waals surface area contributed by atoms with Crippen molar-refractivity contribution in [2.45, 2.75) is 40.0 Å². The number of fused-ring (bicyclic) bond motifs is 1. The minimum Gasteiger partial charge on any atom is -0.482 e. The largest absolute Gasteiger partial charge is 0.482 e. The molecular formula is C22H24N2O3S. The SMILES string of the molecule is CC(C)(C)[C@@H]1CCc2c(sc(N=Cc3cccc(OCC(=O)O)c3)c2C#N)C1. The number of ether oxygens (including phenoxy) is 1. The molecule has 1 N–H and O–H groups in total. The third-order valence-electron chi connectivity index (χ3n) is 5.13. The highest BCUT2D eigenvalue weighted by Crippen LogP contribution is 2.44. The van der Waals surface area contributed by atoms with Crippen LogP contribution >= 0.6 is 11.3 Å². The van der Waals surface area contributed by atoms with Crippen molar-refractivity contribution < 1.29 is 14.6 Å². The van der Waals surface area contributed by atoms with Gasteiger partial charge in [-0.2, -0.15) is 5.26 Å². The Labute approximate surface area is 169 Å². The smallest absolute Gasteiger partial charge is 0.341 e. The maximum Gasteiger partial charge on any atom is 0.341 e. The van der Waals surface area contributed by atoms with Gasteiger partial charge in [0, 0.05) is 11.1 Å². The first-order valence-electron chi connectivity index (χ1n) is 9.31. The fourth-order valence-corrected chi connectivity index (χ4v) is 4.70. The number of nitriles is 1. The van der Waals surface area contributed by atoms with E-state index in [9.17, 15) is 10.1 Å². The Morgan fingerprint density at radius 1 is 1.46 bits per heavy atom. The number of benzene rings is 1. The van der Waals surface area contributed by atoms with Crippen molar-refractivity contribution in [1.29, 1.82) is 5.26 Å². The van der Waals surface area contributed by atoms with E-state index < -0.39 is 5.97 Å². The number of rotatable bonds is 5. The first-order valence-corrected chi connectivity index (χ1v) is 10.1. The van der Waals surface area contributed by atoms with Gasteiger partial charge in [0.25, 0.3) is 0 Å². The van der Waals surface area contributed by atoms with E-state index in [1.165, 1.54) is 10.4 Å². The fourth-order valence-electron chi connectivity index (χ4n) is 3.48. The normalized spacial score (nSPS) is 16.6. The number of carboxylic acid groups (broad SMARTS) is 1. The van der Waals surface area contributed by atoms with Crippen molar-refractivity contribution >= 4 is 28.5 Å². The molecule has 1 aliphatic rings. The second kappa shape index (κ2) is 8.15. The Hall–Kier alpha value is -2.65. The van der Waals surface area contributed by atoms with Crippen molar-refractivity contribution in [3.63, 3.8) is 0 Å². The number of aliphatic carboxylic acids is 1. The monoisotopic (exact) mass is 396 g/mol. The maximum atomic E-state index is 10.6. The Morgan fingerprint density at radius 2 is 2.25 bits per heavy atom. The third kappa shape index (κ3) is 4.60. The van der Waals surface area contributed by atoms with Crippen LogP contribution in [0.3, 0.4) is 0 Å². The third-order valence-corrected chi connectivity index (χ3v) is 6.30. The van der Waals surface area contributed by atoms with Crippen molar-refractivity contribution in [1.82, 2.24) is 0 Å². The first-order chi connectivity index (χ1) is 13.3. The van der Waals surface area contributed by atoms with Gasteiger partial charge in [-0.25, -0.2) is 9.79 Å². The van der Waals surface area contributed by atoms with E-state index in [1.54, 1.807) is 35.8 Å². The molecule has 0 saturated heterocycles. The van der Waals surface area contributed by atoms with Gasteiger partial charge in [0.15, 0.2) is 6.61 Å². The van der Waals surface area contributed by atoms with E-state index in [2.05, 4.69) is 31.8 Å². The van der Waals surface area contributed by atoms with E-state index in [-0.39, 0.29) is 12.0 Å². The number of nitrogens with zero attached hydrogens (tertiary/aromatic N) is 2. The molecule has 146 valence electrons. The van der Waals surface area contributed by atoms with Gasteiger partial charge >= 0.3 is 5.97 Å². The minimum absolute atomic E-state index is 0.258. The Bertz CT molecular complexity index is 948. The molecule has 3 rings (SSSR count). The molecule has 2 aromatic rings. The highest BCUT2D eigenvalue weighted by Gasteiger charge is 2.32. The van der Waals surface area contributed by atoms with Crippen LogP contribution in [0.25, 0.3) is 0 Å². The van der Waals surface area contributed by atoms with Gasteiger partial charge < -0.3 is 9.84 Å². The predicted molar refractivity (Wildman–Crippen MR) is 111 cm³/mol. The van der Waals surface area contributed by atoms with Gasteiger partial charge in [-0.15, -0.1) is 11.3 Å². The maximum absolute atomic E-state index is 10.6. The molecular weight excluding hydrogens is 372 g/mol. The molecule has 0 unspecified atom stereocenters. The number of carbonyl (C=O) groups is 1. The van der Waals surface area contributed by atoms with Gasteiger partial charge in [-0.05, 0) is 53.9 Å². The molecule has 28 heavy (non-hydrogen) atoms. The lowest BCUT2D eigenvalue weighted by Crippen LogP contribution is -2.26. The summed E-state index contributed by atoms with van der Waals surface area (Å²) in [5.41, 5.74) is 2.92. The highest BCUT2D eigenvalue weighted by atomic mass is 32.1. The van der Waals surface area contributed by atoms with Crippen LogP contribution in [0.4, 0.5) is 5.00 Å². The zero-order chi connectivity index (χ0) is 20.3. The lowest BCUT2D eigenvalue weighted by Gasteiger charge is -2.33. The molecule has 0 fully saturated rings. The summed E-state index contributed by atoms with van der Waals surface area (Å²) in [6, 6.07) is 9.44. The number of hydrogen-bond acceptors (Lipinski definition) is 5. The summed E-state index contributed by atoms with van der Waals surface area (Å²) in [6.07, 6.45) is 4.75. The van der Waals surface area contributed by atoms with E-state index in [4.69, 9.17) is 9.84 Å². The Morgan fingerprint density at radius 3 is 2.93 bits per heavy atom. The first kappa shape index (κ1) is 20.1. The van der Waals surface area contributed by atoms with Gasteiger partial charge in [0.05, 0.1) is 5.56 Å². The van der Waals surface area contributed by atoms with Crippen molar-refractivity contribution in [3.05, 3.63) is 45.8 Å². The highest BCUT2D eigenvalue weighted by molar-refractivity contribution is 7.16. The molecule has 1 aromatic heterocycles. The zero-order valence-electron chi connectivity index (χ0n) is 16.4. The van der Waals surface area contributed by atoms with Gasteiger partial charge in [-0.1, -0.05) is 32.9 Å². The second-order valence-corrected chi connectivity index (χ2v) is 9.20. The lowest BCUT2D eigenvalue weighted by atomic mass is 9.72. The molecule has 6 heteroatoms. The summed E-state index contributed by atoms with van der Waals surface area (Å²) in [7, 11) is 0. The van der Waals surface area contributed by atoms with E-state index in [1.807, 2.05) is 6.07 Å². The number of thiophene rings is 1. The van der Waals surface area contributed by atoms with Crippen LogP contribution in [0, 0.1) is 22.7 Å². The van der Waals surface area contributed by atoms with Crippen LogP contribution in [-0.2, 0) is 17.6 Å². The van der Waals surface area contributed by atoms with Crippen LogP contribution in [0.15, 0.2) is 29.3 Å². The molecule has 0 saturated carbocycles. The molecule has 1 atom stereocenters. The number of carboxylic acids is 1. The zero-order valence-corrected chi connectivity index (χ0v) is 17.2. The van der Waals surface area contributed by atoms with Crippen molar-refractivity contribution in [3.8, 4) is 11.8 Å². The topological polar surface area (TPSA) is 82.7 Å². The summed E-state index contributed by atoms with van der Waals surface area (Å²) >= 11 is 1.61. The predicted octanol–water partition coefficient (Wildman–Crippen LogP) is 4.98. The van der Waals surface area contributed by atoms with Crippen LogP contribution in [0.2, 0.25) is 0 Å². The summed E-state index contributed by atoms with van der Waals surface area (Å²) in [5.74, 6) is 0.0749. The van der Waals surface area contributed by atoms with E-state index in [0.29, 0.717) is 17.2 Å². The molecule has 1 aromatic carbocycles. The molecule has 5 nitrogen and oxygen atoms in total. The Balaban J connectivity index is 1.82. The standard InChI is InChI=1S/C22H24N2O3S/c1-22(2,3)15-7-8-17-18(11-23)21(28-19(17)10-15)24-12-14-5-4-6-16(9-14)27-13-20(25)26/h4-6,9,12,15H,7-8,10,13H2,1-3H3,(H,25,26)/t15-/m1/s1. The molecule has 0 spiro atoms. The van der Waals surface area contributed by atoms with Gasteiger partial charge in [0.2, 0.25) is 0 Å². The quantitative estimate of drug-likeness (QED) is 0.722. The van der Waals surface area contributed by atoms with Crippen molar-refractivity contribution in [2.24, 2.45) is 16.3 Å². The summed E-state index contributed by atoms with van der Waals surface area (Å²) in [5, 5.41) is 19.1. The minimum atomic E-state index is -1.02. The summed E-state index contributed by atoms with van der Waals surface area (Å²) in [4.78, 5) is 16.5. The van der Waals surface area contributed by atoms with Crippen LogP contribution in [0.1, 0.15) is 48.8 Å². The van der Waals surface area contributed by atoms with Gasteiger partial charge in [0.1, 0.15) is 16.8 Å². The average molecular weight is 397 g/mol. The number of hydrogen-bond donors (Lipinski definition) is 1. The lowest BCUT2D eigenvalue weighted by molar-refractivity contribution is -0.139. The molecule has 0 radical (unpaired) electrons. The molecule has 0 bridgehead atoms. The van der Waals surface area contributed by atoms with E-state index in [0.717, 1.165) is 29.8 Å². The average Bonchev–Trinajstić information content (AvgIpc) is 3.01. The van der Waals surface area contributed by atoms with Crippen LogP contribution in [-0.4, -0.2) is 23.9 Å². The van der Waals surface area contributed by atoms with Crippen molar-refractivity contribution in [2.75, 3.05) is 6.61 Å². The molecule has 1 aliphatic carbocycles. The molecule has 0 amide bonds. The summed E-state index contributed by atoms with van der Waals surface area (Å²) in [6.45, 7) is 6.45. The molecule has 0 aliphatic heterocycles. The second-order valence-electron chi connectivity index (χ2n) is 8.11. The van der Waals surface area contributed by atoms with Crippen LogP contribution < -0.4 is 4.74 Å². The van der Waals surface area contributed by atoms with E-state index >= 15 is 0 Å². The summed E-state index contributed by atoms with van der Waals surface area (Å²) < 4.78 is 5.20. The fraction of sp³-hybridized carbons (Fsp3) is 0.409. The Kier molecular flexibility index (Phi) is 5.85. The molecule has 1 heterocycles. The van der Waals surface area contributed by atoms with Crippen LogP contribution in [0.5, 0.6) is 5.75 Å². The van der Waals surface area contributed by atoms with Gasteiger partial charge in [-0.3, -0.25) is 0 Å². The number of aliphatic imine (C=N–C) groups is 1.